The fraction of sp³-hybridized carbons (Fsp3) is 0.400. The number of ether oxygens (including phenoxy) is 1. The summed E-state index contributed by atoms with van der Waals surface area (Å²) in [6.45, 7) is 4.89. The van der Waals surface area contributed by atoms with Crippen LogP contribution in [0.3, 0.4) is 0 Å². The molecule has 0 amide bonds. The Morgan fingerprint density at radius 3 is 2.52 bits per heavy atom. The standard InChI is InChI=1S/C20H24FNO/c1-2-14-23-19-11-5-16(6-12-19)15-22-13-3-4-20(22)17-7-9-18(21)10-8-17/h5-12,20H,2-4,13-15H2,1H3/t20-/m0/s1. The molecule has 3 heteroatoms. The smallest absolute Gasteiger partial charge is 0.123 e. The van der Waals surface area contributed by atoms with E-state index < -0.39 is 0 Å². The third-order valence-electron chi connectivity index (χ3n) is 4.40. The van der Waals surface area contributed by atoms with Crippen molar-refractivity contribution in [2.45, 2.75) is 38.8 Å². The van der Waals surface area contributed by atoms with Gasteiger partial charge in [0, 0.05) is 12.6 Å². The molecule has 1 aliphatic heterocycles. The Labute approximate surface area is 137 Å². The molecule has 0 aromatic heterocycles. The fourth-order valence-corrected chi connectivity index (χ4v) is 3.22. The molecular weight excluding hydrogens is 289 g/mol. The van der Waals surface area contributed by atoms with Gasteiger partial charge in [0.25, 0.3) is 0 Å². The van der Waals surface area contributed by atoms with Crippen molar-refractivity contribution in [3.05, 3.63) is 65.5 Å². The van der Waals surface area contributed by atoms with E-state index in [4.69, 9.17) is 4.74 Å². The van der Waals surface area contributed by atoms with E-state index in [0.717, 1.165) is 38.3 Å². The lowest BCUT2D eigenvalue weighted by Gasteiger charge is -2.25. The molecule has 2 aromatic carbocycles. The zero-order valence-corrected chi connectivity index (χ0v) is 13.7. The van der Waals surface area contributed by atoms with E-state index in [2.05, 4.69) is 24.0 Å². The highest BCUT2D eigenvalue weighted by Crippen LogP contribution is 2.33. The number of likely N-dealkylation sites (tertiary alicyclic amines) is 1. The molecule has 23 heavy (non-hydrogen) atoms. The van der Waals surface area contributed by atoms with Gasteiger partial charge in [0.05, 0.1) is 6.61 Å². The van der Waals surface area contributed by atoms with Crippen molar-refractivity contribution in [3.8, 4) is 5.75 Å². The van der Waals surface area contributed by atoms with Crippen LogP contribution in [0.2, 0.25) is 0 Å². The summed E-state index contributed by atoms with van der Waals surface area (Å²) in [5.41, 5.74) is 2.51. The summed E-state index contributed by atoms with van der Waals surface area (Å²) in [5.74, 6) is 0.771. The van der Waals surface area contributed by atoms with Crippen LogP contribution in [0.4, 0.5) is 4.39 Å². The molecule has 0 bridgehead atoms. The van der Waals surface area contributed by atoms with Gasteiger partial charge in [-0.3, -0.25) is 4.90 Å². The molecule has 0 radical (unpaired) electrons. The van der Waals surface area contributed by atoms with Crippen molar-refractivity contribution in [2.75, 3.05) is 13.2 Å². The summed E-state index contributed by atoms with van der Waals surface area (Å²) < 4.78 is 18.8. The zero-order valence-electron chi connectivity index (χ0n) is 13.7. The van der Waals surface area contributed by atoms with Gasteiger partial charge in [-0.1, -0.05) is 31.2 Å². The van der Waals surface area contributed by atoms with Crippen molar-refractivity contribution >= 4 is 0 Å². The largest absolute Gasteiger partial charge is 0.494 e. The first-order valence-electron chi connectivity index (χ1n) is 8.47. The molecule has 3 rings (SSSR count). The van der Waals surface area contributed by atoms with Gasteiger partial charge in [-0.2, -0.15) is 0 Å². The third kappa shape index (κ3) is 4.11. The van der Waals surface area contributed by atoms with E-state index in [9.17, 15) is 4.39 Å². The lowest BCUT2D eigenvalue weighted by molar-refractivity contribution is 0.248. The summed E-state index contributed by atoms with van der Waals surface area (Å²) in [4.78, 5) is 2.48. The highest BCUT2D eigenvalue weighted by molar-refractivity contribution is 5.28. The number of benzene rings is 2. The molecule has 1 fully saturated rings. The van der Waals surface area contributed by atoms with Crippen molar-refractivity contribution in [2.24, 2.45) is 0 Å². The van der Waals surface area contributed by atoms with E-state index in [-0.39, 0.29) is 5.82 Å². The predicted molar refractivity (Wildman–Crippen MR) is 91.0 cm³/mol. The van der Waals surface area contributed by atoms with Crippen molar-refractivity contribution in [1.82, 2.24) is 4.90 Å². The number of rotatable bonds is 6. The van der Waals surface area contributed by atoms with Crippen molar-refractivity contribution < 1.29 is 9.13 Å². The molecule has 0 N–H and O–H groups in total. The maximum absolute atomic E-state index is 13.1. The molecule has 1 saturated heterocycles. The van der Waals surface area contributed by atoms with E-state index in [1.54, 1.807) is 12.1 Å². The second-order valence-corrected chi connectivity index (χ2v) is 6.17. The molecule has 0 spiro atoms. The second-order valence-electron chi connectivity index (χ2n) is 6.17. The lowest BCUT2D eigenvalue weighted by Crippen LogP contribution is -2.22. The van der Waals surface area contributed by atoms with Crippen molar-refractivity contribution in [3.63, 3.8) is 0 Å². The first kappa shape index (κ1) is 16.0. The highest BCUT2D eigenvalue weighted by Gasteiger charge is 2.25. The van der Waals surface area contributed by atoms with E-state index >= 15 is 0 Å². The summed E-state index contributed by atoms with van der Waals surface area (Å²) in [6, 6.07) is 15.7. The van der Waals surface area contributed by atoms with Crippen LogP contribution < -0.4 is 4.74 Å². The summed E-state index contributed by atoms with van der Waals surface area (Å²) >= 11 is 0. The Kier molecular flexibility index (Phi) is 5.29. The fourth-order valence-electron chi connectivity index (χ4n) is 3.22. The quantitative estimate of drug-likeness (QED) is 0.748. The molecule has 0 aliphatic carbocycles. The Hall–Kier alpha value is -1.87. The molecule has 1 heterocycles. The molecule has 0 saturated carbocycles. The van der Waals surface area contributed by atoms with E-state index in [1.807, 2.05) is 24.3 Å². The van der Waals surface area contributed by atoms with Crippen LogP contribution in [0.1, 0.15) is 43.4 Å². The Balaban J connectivity index is 1.65. The molecule has 0 unspecified atom stereocenters. The number of hydrogen-bond donors (Lipinski definition) is 0. The first-order chi connectivity index (χ1) is 11.3. The summed E-state index contributed by atoms with van der Waals surface area (Å²) in [6.07, 6.45) is 3.36. The van der Waals surface area contributed by atoms with Crippen LogP contribution in [0.25, 0.3) is 0 Å². The molecule has 1 aliphatic rings. The second kappa shape index (κ2) is 7.60. The zero-order chi connectivity index (χ0) is 16.1. The van der Waals surface area contributed by atoms with Crippen LogP contribution in [0.15, 0.2) is 48.5 Å². The average Bonchev–Trinajstić information content (AvgIpc) is 3.03. The summed E-state index contributed by atoms with van der Waals surface area (Å²) in [7, 11) is 0. The first-order valence-corrected chi connectivity index (χ1v) is 8.47. The molecule has 1 atom stereocenters. The van der Waals surface area contributed by atoms with Gasteiger partial charge in [0.2, 0.25) is 0 Å². The minimum Gasteiger partial charge on any atom is -0.494 e. The SMILES string of the molecule is CCCOc1ccc(CN2CCC[C@H]2c2ccc(F)cc2)cc1. The normalized spacial score (nSPS) is 18.3. The molecule has 122 valence electrons. The topological polar surface area (TPSA) is 12.5 Å². The van der Waals surface area contributed by atoms with Crippen LogP contribution in [-0.4, -0.2) is 18.1 Å². The van der Waals surface area contributed by atoms with Gasteiger partial charge in [-0.05, 0) is 61.2 Å². The van der Waals surface area contributed by atoms with Crippen LogP contribution >= 0.6 is 0 Å². The number of nitrogens with zero attached hydrogens (tertiary/aromatic N) is 1. The average molecular weight is 313 g/mol. The van der Waals surface area contributed by atoms with Gasteiger partial charge < -0.3 is 4.74 Å². The minimum atomic E-state index is -0.166. The molecular formula is C20H24FNO. The maximum atomic E-state index is 13.1. The minimum absolute atomic E-state index is 0.166. The summed E-state index contributed by atoms with van der Waals surface area (Å²) in [5, 5.41) is 0. The monoisotopic (exact) mass is 313 g/mol. The van der Waals surface area contributed by atoms with Crippen LogP contribution in [0, 0.1) is 5.82 Å². The number of halogens is 1. The Bertz CT molecular complexity index is 609. The molecule has 2 aromatic rings. The van der Waals surface area contributed by atoms with Gasteiger partial charge in [-0.15, -0.1) is 0 Å². The third-order valence-corrected chi connectivity index (χ3v) is 4.40. The Morgan fingerprint density at radius 2 is 1.83 bits per heavy atom. The number of hydrogen-bond acceptors (Lipinski definition) is 2. The Morgan fingerprint density at radius 1 is 1.09 bits per heavy atom. The van der Waals surface area contributed by atoms with Gasteiger partial charge in [0.1, 0.15) is 11.6 Å². The van der Waals surface area contributed by atoms with Gasteiger partial charge in [0.15, 0.2) is 0 Å². The van der Waals surface area contributed by atoms with Crippen LogP contribution in [0.5, 0.6) is 5.75 Å². The van der Waals surface area contributed by atoms with Gasteiger partial charge >= 0.3 is 0 Å². The van der Waals surface area contributed by atoms with Crippen molar-refractivity contribution in [1.29, 1.82) is 0 Å². The van der Waals surface area contributed by atoms with Crippen LogP contribution in [-0.2, 0) is 6.54 Å². The maximum Gasteiger partial charge on any atom is 0.123 e. The predicted octanol–water partition coefficient (Wildman–Crippen LogP) is 4.95. The van der Waals surface area contributed by atoms with E-state index in [0.29, 0.717) is 6.04 Å². The van der Waals surface area contributed by atoms with Gasteiger partial charge in [-0.25, -0.2) is 4.39 Å². The highest BCUT2D eigenvalue weighted by atomic mass is 19.1. The van der Waals surface area contributed by atoms with E-state index in [1.165, 1.54) is 17.5 Å². The molecule has 2 nitrogen and oxygen atoms in total. The lowest BCUT2D eigenvalue weighted by atomic mass is 10.0.